The summed E-state index contributed by atoms with van der Waals surface area (Å²) in [5.74, 6) is -0.130. The van der Waals surface area contributed by atoms with E-state index < -0.39 is 15.6 Å². The molecule has 0 aliphatic carbocycles. The number of nitriles is 1. The smallest absolute Gasteiger partial charge is 0.215 e. The largest absolute Gasteiger partial charge is 0.384 e. The van der Waals surface area contributed by atoms with E-state index in [0.29, 0.717) is 0 Å². The van der Waals surface area contributed by atoms with Crippen LogP contribution >= 0.6 is 0 Å². The van der Waals surface area contributed by atoms with Crippen LogP contribution in [0.25, 0.3) is 0 Å². The number of nitrogens with zero attached hydrogens (tertiary/aromatic N) is 1. The first-order valence-corrected chi connectivity index (χ1v) is 5.40. The molecular formula is C7H14N2O3S. The summed E-state index contributed by atoms with van der Waals surface area (Å²) in [7, 11) is -1.99. The highest BCUT2D eigenvalue weighted by Crippen LogP contribution is 2.02. The molecule has 0 atom stereocenters. The Morgan fingerprint density at radius 3 is 2.46 bits per heavy atom. The summed E-state index contributed by atoms with van der Waals surface area (Å²) in [6, 6.07) is 1.84. The fraction of sp³-hybridized carbons (Fsp3) is 0.857. The SMILES string of the molecule is COCCS(=O)(=O)NC(C)(C)C#N. The van der Waals surface area contributed by atoms with E-state index in [2.05, 4.69) is 9.46 Å². The molecule has 0 heterocycles. The molecule has 0 aliphatic rings. The van der Waals surface area contributed by atoms with E-state index in [1.165, 1.54) is 21.0 Å². The van der Waals surface area contributed by atoms with Crippen molar-refractivity contribution in [2.24, 2.45) is 0 Å². The Morgan fingerprint density at radius 2 is 2.08 bits per heavy atom. The van der Waals surface area contributed by atoms with Crippen molar-refractivity contribution in [2.45, 2.75) is 19.4 Å². The molecule has 5 nitrogen and oxygen atoms in total. The minimum Gasteiger partial charge on any atom is -0.384 e. The third-order valence-electron chi connectivity index (χ3n) is 1.25. The van der Waals surface area contributed by atoms with Crippen LogP contribution in [0.5, 0.6) is 0 Å². The van der Waals surface area contributed by atoms with Gasteiger partial charge in [-0.25, -0.2) is 8.42 Å². The average Bonchev–Trinajstić information content (AvgIpc) is 1.99. The molecule has 0 spiro atoms. The maximum atomic E-state index is 11.2. The first kappa shape index (κ1) is 12.4. The summed E-state index contributed by atoms with van der Waals surface area (Å²) in [5, 5.41) is 8.57. The van der Waals surface area contributed by atoms with Gasteiger partial charge in [0.2, 0.25) is 10.0 Å². The summed E-state index contributed by atoms with van der Waals surface area (Å²) in [4.78, 5) is 0. The molecule has 0 saturated carbocycles. The van der Waals surface area contributed by atoms with Gasteiger partial charge in [0.1, 0.15) is 5.54 Å². The number of hydrogen-bond acceptors (Lipinski definition) is 4. The van der Waals surface area contributed by atoms with Gasteiger partial charge >= 0.3 is 0 Å². The fourth-order valence-electron chi connectivity index (χ4n) is 0.656. The number of ether oxygens (including phenoxy) is 1. The molecule has 13 heavy (non-hydrogen) atoms. The summed E-state index contributed by atoms with van der Waals surface area (Å²) >= 11 is 0. The van der Waals surface area contributed by atoms with Crippen molar-refractivity contribution < 1.29 is 13.2 Å². The molecule has 0 aromatic rings. The molecule has 6 heteroatoms. The number of rotatable bonds is 5. The number of hydrogen-bond donors (Lipinski definition) is 1. The molecule has 0 unspecified atom stereocenters. The maximum Gasteiger partial charge on any atom is 0.215 e. The molecule has 0 saturated heterocycles. The van der Waals surface area contributed by atoms with E-state index in [0.717, 1.165) is 0 Å². The van der Waals surface area contributed by atoms with Crippen molar-refractivity contribution in [1.82, 2.24) is 4.72 Å². The van der Waals surface area contributed by atoms with Crippen LogP contribution in [0.15, 0.2) is 0 Å². The van der Waals surface area contributed by atoms with E-state index in [1.807, 2.05) is 6.07 Å². The third-order valence-corrected chi connectivity index (χ3v) is 2.77. The minimum absolute atomic E-state index is 0.122. The zero-order chi connectivity index (χ0) is 10.5. The normalized spacial score (nSPS) is 12.5. The van der Waals surface area contributed by atoms with Crippen molar-refractivity contribution in [1.29, 1.82) is 5.26 Å². The van der Waals surface area contributed by atoms with Crippen molar-refractivity contribution in [3.8, 4) is 6.07 Å². The monoisotopic (exact) mass is 206 g/mol. The Morgan fingerprint density at radius 1 is 1.54 bits per heavy atom. The third kappa shape index (κ3) is 5.58. The summed E-state index contributed by atoms with van der Waals surface area (Å²) in [6.07, 6.45) is 0. The molecule has 0 radical (unpaired) electrons. The first-order chi connectivity index (χ1) is 5.83. The Balaban J connectivity index is 4.28. The van der Waals surface area contributed by atoms with E-state index in [1.54, 1.807) is 0 Å². The molecule has 0 amide bonds. The summed E-state index contributed by atoms with van der Waals surface area (Å²) in [6.45, 7) is 3.12. The predicted molar refractivity (Wildman–Crippen MR) is 48.5 cm³/mol. The van der Waals surface area contributed by atoms with Crippen LogP contribution in [-0.2, 0) is 14.8 Å². The van der Waals surface area contributed by atoms with Gasteiger partial charge in [0.15, 0.2) is 0 Å². The van der Waals surface area contributed by atoms with E-state index in [-0.39, 0.29) is 12.4 Å². The molecule has 0 aromatic heterocycles. The van der Waals surface area contributed by atoms with Crippen molar-refractivity contribution in [3.05, 3.63) is 0 Å². The second-order valence-electron chi connectivity index (χ2n) is 3.15. The molecular weight excluding hydrogens is 192 g/mol. The van der Waals surface area contributed by atoms with Gasteiger partial charge in [0.05, 0.1) is 18.4 Å². The lowest BCUT2D eigenvalue weighted by Gasteiger charge is -2.16. The lowest BCUT2D eigenvalue weighted by Crippen LogP contribution is -2.43. The molecule has 0 fully saturated rings. The van der Waals surface area contributed by atoms with Crippen LogP contribution in [0.2, 0.25) is 0 Å². The number of methoxy groups -OCH3 is 1. The molecule has 76 valence electrons. The highest BCUT2D eigenvalue weighted by molar-refractivity contribution is 7.89. The Hall–Kier alpha value is -0.640. The predicted octanol–water partition coefficient (Wildman–Crippen LogP) is -0.146. The fourth-order valence-corrected chi connectivity index (χ4v) is 1.97. The van der Waals surface area contributed by atoms with Gasteiger partial charge in [-0.3, -0.25) is 0 Å². The van der Waals surface area contributed by atoms with E-state index in [9.17, 15) is 8.42 Å². The van der Waals surface area contributed by atoms with Gasteiger partial charge in [0.25, 0.3) is 0 Å². The second-order valence-corrected chi connectivity index (χ2v) is 4.99. The Kier molecular flexibility index (Phi) is 4.33. The van der Waals surface area contributed by atoms with Crippen LogP contribution in [0.3, 0.4) is 0 Å². The summed E-state index contributed by atoms with van der Waals surface area (Å²) < 4.78 is 29.3. The first-order valence-electron chi connectivity index (χ1n) is 3.75. The van der Waals surface area contributed by atoms with Gasteiger partial charge in [0, 0.05) is 7.11 Å². The average molecular weight is 206 g/mol. The van der Waals surface area contributed by atoms with Crippen LogP contribution in [0.1, 0.15) is 13.8 Å². The van der Waals surface area contributed by atoms with Crippen molar-refractivity contribution in [2.75, 3.05) is 19.5 Å². The second kappa shape index (κ2) is 4.56. The lowest BCUT2D eigenvalue weighted by atomic mass is 10.1. The molecule has 0 bridgehead atoms. The van der Waals surface area contributed by atoms with Crippen molar-refractivity contribution in [3.63, 3.8) is 0 Å². The van der Waals surface area contributed by atoms with E-state index in [4.69, 9.17) is 5.26 Å². The Labute approximate surface area is 78.7 Å². The Bertz CT molecular complexity index is 289. The van der Waals surface area contributed by atoms with Crippen LogP contribution in [-0.4, -0.2) is 33.4 Å². The maximum absolute atomic E-state index is 11.2. The van der Waals surface area contributed by atoms with Crippen LogP contribution < -0.4 is 4.72 Å². The molecule has 0 aliphatic heterocycles. The topological polar surface area (TPSA) is 79.2 Å². The van der Waals surface area contributed by atoms with Gasteiger partial charge in [-0.2, -0.15) is 9.98 Å². The van der Waals surface area contributed by atoms with Gasteiger partial charge in [-0.15, -0.1) is 0 Å². The highest BCUT2D eigenvalue weighted by Gasteiger charge is 2.23. The highest BCUT2D eigenvalue weighted by atomic mass is 32.2. The number of nitrogens with one attached hydrogen (secondary N) is 1. The van der Waals surface area contributed by atoms with Gasteiger partial charge in [-0.1, -0.05) is 0 Å². The minimum atomic E-state index is -3.41. The quantitative estimate of drug-likeness (QED) is 0.678. The van der Waals surface area contributed by atoms with Crippen LogP contribution in [0, 0.1) is 11.3 Å². The number of sulfonamides is 1. The van der Waals surface area contributed by atoms with Gasteiger partial charge < -0.3 is 4.74 Å². The van der Waals surface area contributed by atoms with E-state index >= 15 is 0 Å². The molecule has 0 rings (SSSR count). The van der Waals surface area contributed by atoms with Crippen LogP contribution in [0.4, 0.5) is 0 Å². The molecule has 1 N–H and O–H groups in total. The van der Waals surface area contributed by atoms with Gasteiger partial charge in [-0.05, 0) is 13.8 Å². The standard InChI is InChI=1S/C7H14N2O3S/c1-7(2,6-8)9-13(10,11)5-4-12-3/h9H,4-5H2,1-3H3. The van der Waals surface area contributed by atoms with Crippen molar-refractivity contribution >= 4 is 10.0 Å². The summed E-state index contributed by atoms with van der Waals surface area (Å²) in [5.41, 5.74) is -1.06. The zero-order valence-electron chi connectivity index (χ0n) is 7.99. The lowest BCUT2D eigenvalue weighted by molar-refractivity contribution is 0.216. The zero-order valence-corrected chi connectivity index (χ0v) is 8.81. The molecule has 0 aromatic carbocycles.